The van der Waals surface area contributed by atoms with Crippen molar-refractivity contribution in [2.75, 3.05) is 59.2 Å². The first-order chi connectivity index (χ1) is 14.1. The first kappa shape index (κ1) is 25.7. The van der Waals surface area contributed by atoms with E-state index in [2.05, 4.69) is 55.0 Å². The van der Waals surface area contributed by atoms with Crippen molar-refractivity contribution in [3.8, 4) is 0 Å². The van der Waals surface area contributed by atoms with Crippen LogP contribution < -0.4 is 5.32 Å². The normalized spacial score (nSPS) is 20.6. The van der Waals surface area contributed by atoms with E-state index in [-0.39, 0.29) is 24.0 Å². The highest BCUT2D eigenvalue weighted by Crippen LogP contribution is 2.18. The maximum atomic E-state index is 5.49. The first-order valence-corrected chi connectivity index (χ1v) is 12.1. The van der Waals surface area contributed by atoms with E-state index >= 15 is 0 Å². The van der Waals surface area contributed by atoms with Gasteiger partial charge in [-0.1, -0.05) is 25.6 Å². The van der Waals surface area contributed by atoms with Crippen LogP contribution in [-0.4, -0.2) is 95.8 Å². The lowest BCUT2D eigenvalue weighted by Crippen LogP contribution is -2.46. The van der Waals surface area contributed by atoms with Crippen LogP contribution in [0.5, 0.6) is 0 Å². The Morgan fingerprint density at radius 1 is 1.27 bits per heavy atom. The van der Waals surface area contributed by atoms with Crippen LogP contribution in [0.2, 0.25) is 0 Å². The van der Waals surface area contributed by atoms with Gasteiger partial charge in [-0.15, -0.1) is 34.2 Å². The smallest absolute Gasteiger partial charge is 0.193 e. The summed E-state index contributed by atoms with van der Waals surface area (Å²) in [7, 11) is 1.88. The van der Waals surface area contributed by atoms with Gasteiger partial charge in [0.1, 0.15) is 5.82 Å². The first-order valence-electron chi connectivity index (χ1n) is 10.9. The van der Waals surface area contributed by atoms with Gasteiger partial charge in [0.2, 0.25) is 0 Å². The molecule has 1 unspecified atom stereocenters. The molecule has 0 amide bonds. The molecule has 0 bridgehead atoms. The average molecular weight is 552 g/mol. The van der Waals surface area contributed by atoms with E-state index in [1.54, 1.807) is 11.8 Å². The van der Waals surface area contributed by atoms with E-state index < -0.39 is 0 Å². The number of aromatic nitrogens is 3. The lowest BCUT2D eigenvalue weighted by molar-refractivity contribution is 0.0195. The molecule has 0 aromatic carbocycles. The molecule has 0 radical (unpaired) electrons. The van der Waals surface area contributed by atoms with E-state index in [9.17, 15) is 0 Å². The minimum atomic E-state index is 0. The number of hydrogen-bond acceptors (Lipinski definition) is 6. The lowest BCUT2D eigenvalue weighted by atomic mass is 10.2. The Labute approximate surface area is 202 Å². The molecular formula is C20H38IN7OS. The van der Waals surface area contributed by atoms with Crippen molar-refractivity contribution in [3.05, 3.63) is 5.82 Å². The summed E-state index contributed by atoms with van der Waals surface area (Å²) in [6, 6.07) is 0.622. The summed E-state index contributed by atoms with van der Waals surface area (Å²) in [5.74, 6) is 2.70. The minimum absolute atomic E-state index is 0. The fraction of sp³-hybridized carbons (Fsp3) is 0.850. The number of halogens is 1. The molecule has 10 heteroatoms. The molecule has 1 atom stereocenters. The van der Waals surface area contributed by atoms with Gasteiger partial charge in [0.25, 0.3) is 0 Å². The van der Waals surface area contributed by atoms with Gasteiger partial charge in [0.05, 0.1) is 13.2 Å². The van der Waals surface area contributed by atoms with E-state index in [0.29, 0.717) is 12.0 Å². The topological polar surface area (TPSA) is 70.8 Å². The lowest BCUT2D eigenvalue weighted by Gasteiger charge is -2.32. The second-order valence-electron chi connectivity index (χ2n) is 8.22. The highest BCUT2D eigenvalue weighted by atomic mass is 127. The molecule has 0 saturated carbocycles. The Morgan fingerprint density at radius 2 is 2.03 bits per heavy atom. The molecule has 1 aromatic rings. The number of aryl methyl sites for hydroxylation is 1. The summed E-state index contributed by atoms with van der Waals surface area (Å²) < 4.78 is 7.77. The van der Waals surface area contributed by atoms with Crippen molar-refractivity contribution in [1.82, 2.24) is 29.9 Å². The number of nitrogens with zero attached hydrogens (tertiary/aromatic N) is 6. The van der Waals surface area contributed by atoms with Crippen molar-refractivity contribution in [3.63, 3.8) is 0 Å². The number of nitrogens with one attached hydrogen (secondary N) is 1. The van der Waals surface area contributed by atoms with Crippen LogP contribution in [-0.2, 0) is 17.7 Å². The number of hydrogen-bond donors (Lipinski definition) is 1. The Hall–Kier alpha value is -0.590. The Morgan fingerprint density at radius 3 is 2.70 bits per heavy atom. The number of ether oxygens (including phenoxy) is 1. The van der Waals surface area contributed by atoms with Gasteiger partial charge in [-0.2, -0.15) is 0 Å². The van der Waals surface area contributed by atoms with E-state index in [0.717, 1.165) is 82.3 Å². The fourth-order valence-electron chi connectivity index (χ4n) is 4.16. The van der Waals surface area contributed by atoms with Crippen LogP contribution in [0.4, 0.5) is 0 Å². The second kappa shape index (κ2) is 13.1. The summed E-state index contributed by atoms with van der Waals surface area (Å²) >= 11 is 1.67. The molecule has 8 nitrogen and oxygen atoms in total. The van der Waals surface area contributed by atoms with Gasteiger partial charge < -0.3 is 19.5 Å². The SMILES string of the molecule is CN=C(NCCCc1nnc(SC)n1CC(C)C)N1CCC(N2CCOCC2)C1.I. The molecule has 2 aliphatic heterocycles. The predicted molar refractivity (Wildman–Crippen MR) is 134 cm³/mol. The Balaban J connectivity index is 0.00000320. The number of likely N-dealkylation sites (tertiary alicyclic amines) is 1. The van der Waals surface area contributed by atoms with Crippen LogP contribution in [0.15, 0.2) is 10.1 Å². The van der Waals surface area contributed by atoms with Crippen LogP contribution in [0.1, 0.15) is 32.5 Å². The van der Waals surface area contributed by atoms with Crippen molar-refractivity contribution >= 4 is 41.7 Å². The van der Waals surface area contributed by atoms with Crippen LogP contribution in [0, 0.1) is 5.92 Å². The number of thioether (sulfide) groups is 1. The zero-order valence-corrected chi connectivity index (χ0v) is 22.0. The molecule has 0 spiro atoms. The standard InChI is InChI=1S/C20H37N7OS.HI/c1-16(2)14-27-18(23-24-20(27)29-4)6-5-8-22-19(21-3)26-9-7-17(15-26)25-10-12-28-13-11-25;/h16-17H,5-15H2,1-4H3,(H,21,22);1H. The summed E-state index contributed by atoms with van der Waals surface area (Å²) in [5.41, 5.74) is 0. The molecule has 3 rings (SSSR count). The fourth-order valence-corrected chi connectivity index (χ4v) is 4.68. The highest BCUT2D eigenvalue weighted by Gasteiger charge is 2.30. The predicted octanol–water partition coefficient (Wildman–Crippen LogP) is 2.19. The molecule has 3 heterocycles. The maximum Gasteiger partial charge on any atom is 0.193 e. The maximum absolute atomic E-state index is 5.49. The van der Waals surface area contributed by atoms with E-state index in [1.807, 2.05) is 7.05 Å². The third kappa shape index (κ3) is 6.96. The van der Waals surface area contributed by atoms with Gasteiger partial charge in [-0.3, -0.25) is 9.89 Å². The van der Waals surface area contributed by atoms with Crippen molar-refractivity contribution in [1.29, 1.82) is 0 Å². The summed E-state index contributed by atoms with van der Waals surface area (Å²) in [5, 5.41) is 13.3. The summed E-state index contributed by atoms with van der Waals surface area (Å²) in [4.78, 5) is 9.49. The highest BCUT2D eigenvalue weighted by molar-refractivity contribution is 14.0. The quantitative estimate of drug-likeness (QED) is 0.175. The summed E-state index contributed by atoms with van der Waals surface area (Å²) in [6.07, 6.45) is 5.22. The van der Waals surface area contributed by atoms with Gasteiger partial charge >= 0.3 is 0 Å². The van der Waals surface area contributed by atoms with Gasteiger partial charge in [-0.05, 0) is 25.0 Å². The average Bonchev–Trinajstić information content (AvgIpc) is 3.36. The van der Waals surface area contributed by atoms with E-state index in [4.69, 9.17) is 4.74 Å². The Kier molecular flexibility index (Phi) is 11.2. The molecule has 1 aromatic heterocycles. The molecule has 2 aliphatic rings. The van der Waals surface area contributed by atoms with Gasteiger partial charge in [-0.25, -0.2) is 0 Å². The number of rotatable bonds is 8. The third-order valence-corrected chi connectivity index (χ3v) is 6.29. The van der Waals surface area contributed by atoms with Crippen molar-refractivity contribution < 1.29 is 4.74 Å². The molecule has 30 heavy (non-hydrogen) atoms. The minimum Gasteiger partial charge on any atom is -0.379 e. The van der Waals surface area contributed by atoms with Gasteiger partial charge in [0.15, 0.2) is 11.1 Å². The third-order valence-electron chi connectivity index (χ3n) is 5.62. The second-order valence-corrected chi connectivity index (χ2v) is 9.00. The van der Waals surface area contributed by atoms with Gasteiger partial charge in [0, 0.05) is 58.8 Å². The van der Waals surface area contributed by atoms with Crippen LogP contribution in [0.3, 0.4) is 0 Å². The Bertz CT molecular complexity index is 664. The molecule has 0 aliphatic carbocycles. The number of morpholine rings is 1. The zero-order valence-electron chi connectivity index (χ0n) is 18.8. The van der Waals surface area contributed by atoms with Crippen LogP contribution >= 0.6 is 35.7 Å². The molecule has 2 saturated heterocycles. The molecule has 1 N–H and O–H groups in total. The van der Waals surface area contributed by atoms with Crippen molar-refractivity contribution in [2.45, 2.75) is 50.9 Å². The molecule has 172 valence electrons. The zero-order chi connectivity index (χ0) is 20.6. The largest absolute Gasteiger partial charge is 0.379 e. The number of guanidine groups is 1. The van der Waals surface area contributed by atoms with E-state index in [1.165, 1.54) is 6.42 Å². The molecular weight excluding hydrogens is 513 g/mol. The number of aliphatic imine (C=N–C) groups is 1. The monoisotopic (exact) mass is 551 g/mol. The summed E-state index contributed by atoms with van der Waals surface area (Å²) in [6.45, 7) is 12.3. The van der Waals surface area contributed by atoms with Crippen molar-refractivity contribution in [2.24, 2.45) is 10.9 Å². The molecule has 2 fully saturated rings. The van der Waals surface area contributed by atoms with Crippen LogP contribution in [0.25, 0.3) is 0 Å².